The van der Waals surface area contributed by atoms with Gasteiger partial charge in [-0.1, -0.05) is 32.3 Å². The highest BCUT2D eigenvalue weighted by molar-refractivity contribution is 6.14. The molecule has 4 nitrogen and oxygen atoms in total. The third-order valence-electron chi connectivity index (χ3n) is 5.96. The lowest BCUT2D eigenvalue weighted by Gasteiger charge is -2.32. The van der Waals surface area contributed by atoms with Gasteiger partial charge < -0.3 is 9.72 Å². The summed E-state index contributed by atoms with van der Waals surface area (Å²) in [5, 5.41) is 0. The van der Waals surface area contributed by atoms with Gasteiger partial charge in [0, 0.05) is 40.3 Å². The molecular formula is C26H27BN2O2. The molecule has 0 fully saturated rings. The van der Waals surface area contributed by atoms with Crippen LogP contribution in [0.1, 0.15) is 65.6 Å². The second-order valence-corrected chi connectivity index (χ2v) is 8.39. The molecule has 0 aliphatic heterocycles. The molecule has 5 heteroatoms. The van der Waals surface area contributed by atoms with Crippen molar-refractivity contribution in [3.8, 4) is 5.75 Å². The van der Waals surface area contributed by atoms with Gasteiger partial charge >= 0.3 is 0 Å². The number of aliphatic imine (C=N–C) groups is 1. The van der Waals surface area contributed by atoms with E-state index in [-0.39, 0.29) is 11.2 Å². The second kappa shape index (κ2) is 8.58. The molecule has 4 rings (SSSR count). The molecule has 0 unspecified atom stereocenters. The van der Waals surface area contributed by atoms with Crippen LogP contribution in [0.4, 0.5) is 0 Å². The van der Waals surface area contributed by atoms with E-state index in [0.717, 1.165) is 51.4 Å². The van der Waals surface area contributed by atoms with Crippen molar-refractivity contribution < 1.29 is 9.53 Å². The molecule has 0 amide bonds. The van der Waals surface area contributed by atoms with Crippen molar-refractivity contribution in [3.05, 3.63) is 81.8 Å². The lowest BCUT2D eigenvalue weighted by molar-refractivity contribution is 0.103. The van der Waals surface area contributed by atoms with Gasteiger partial charge in [0.1, 0.15) is 5.75 Å². The van der Waals surface area contributed by atoms with Gasteiger partial charge in [-0.05, 0) is 66.8 Å². The number of nitrogens with one attached hydrogen (secondary N) is 1. The molecule has 0 bridgehead atoms. The van der Waals surface area contributed by atoms with Crippen molar-refractivity contribution in [3.63, 3.8) is 0 Å². The zero-order valence-electron chi connectivity index (χ0n) is 18.4. The van der Waals surface area contributed by atoms with Crippen LogP contribution < -0.4 is 4.74 Å². The highest BCUT2D eigenvalue weighted by Gasteiger charge is 2.40. The number of aromatic amines is 1. The Hall–Kier alpha value is -3.08. The van der Waals surface area contributed by atoms with E-state index in [1.165, 1.54) is 0 Å². The van der Waals surface area contributed by atoms with Crippen molar-refractivity contribution in [2.75, 3.05) is 6.61 Å². The summed E-state index contributed by atoms with van der Waals surface area (Å²) >= 11 is 0. The molecular weight excluding hydrogens is 383 g/mol. The quantitative estimate of drug-likeness (QED) is 0.397. The summed E-state index contributed by atoms with van der Waals surface area (Å²) < 4.78 is 5.85. The fraction of sp³-hybridized carbons (Fsp3) is 0.308. The molecule has 2 radical (unpaired) electrons. The number of ether oxygens (including phenoxy) is 1. The SMILES string of the molecule is [B]CCCOc1ccc2c(c1)C(C)(C)c1[nH]c3c(c1C2=O)CC=CC(/C=C/N=CC)=C3. The van der Waals surface area contributed by atoms with E-state index in [4.69, 9.17) is 12.6 Å². The summed E-state index contributed by atoms with van der Waals surface area (Å²) in [7, 11) is 5.57. The number of carbonyl (C=O) groups is 1. The average Bonchev–Trinajstić information content (AvgIpc) is 3.00. The standard InChI is InChI=1S/C26H27BN2O2/c1-4-28-13-11-17-7-5-8-20-22(15-17)29-25-23(20)24(30)19-10-9-18(31-14-6-12-27)16-21(19)26(25,2)3/h4-5,7,9-11,13,15-16,29H,6,8,12,14H2,1-3H3/b13-11+,28-4?. The maximum absolute atomic E-state index is 13.5. The predicted molar refractivity (Wildman–Crippen MR) is 128 cm³/mol. The van der Waals surface area contributed by atoms with Gasteiger partial charge in [0.05, 0.1) is 14.5 Å². The molecule has 1 heterocycles. The number of allylic oxidation sites excluding steroid dienone is 4. The van der Waals surface area contributed by atoms with Gasteiger partial charge in [0.15, 0.2) is 5.78 Å². The van der Waals surface area contributed by atoms with E-state index in [9.17, 15) is 4.79 Å². The Bertz CT molecular complexity index is 1130. The van der Waals surface area contributed by atoms with Crippen LogP contribution in [-0.4, -0.2) is 31.4 Å². The van der Waals surface area contributed by atoms with Gasteiger partial charge in [0.2, 0.25) is 0 Å². The van der Waals surface area contributed by atoms with Crippen LogP contribution in [0.15, 0.2) is 53.2 Å². The Morgan fingerprint density at radius 3 is 2.94 bits per heavy atom. The first-order chi connectivity index (χ1) is 15.0. The molecule has 2 aliphatic carbocycles. The number of hydrogen-bond donors (Lipinski definition) is 1. The lowest BCUT2D eigenvalue weighted by Crippen LogP contribution is -2.30. The number of nitrogens with zero attached hydrogens (tertiary/aromatic N) is 1. The Kier molecular flexibility index (Phi) is 5.86. The number of rotatable bonds is 6. The van der Waals surface area contributed by atoms with Crippen molar-refractivity contribution in [2.45, 2.75) is 45.3 Å². The van der Waals surface area contributed by atoms with E-state index in [1.54, 1.807) is 12.4 Å². The van der Waals surface area contributed by atoms with Crippen LogP contribution in [0.2, 0.25) is 6.32 Å². The van der Waals surface area contributed by atoms with Crippen molar-refractivity contribution >= 4 is 25.9 Å². The van der Waals surface area contributed by atoms with Crippen molar-refractivity contribution in [1.29, 1.82) is 0 Å². The maximum Gasteiger partial charge on any atom is 0.195 e. The number of fused-ring (bicyclic) bond motifs is 4. The summed E-state index contributed by atoms with van der Waals surface area (Å²) in [6.07, 6.45) is 13.9. The smallest absolute Gasteiger partial charge is 0.195 e. The van der Waals surface area contributed by atoms with Crippen LogP contribution in [0.25, 0.3) is 6.08 Å². The van der Waals surface area contributed by atoms with E-state index in [2.05, 4.69) is 42.1 Å². The van der Waals surface area contributed by atoms with E-state index < -0.39 is 0 Å². The Labute approximate surface area is 185 Å². The molecule has 2 aromatic rings. The normalized spacial score (nSPS) is 16.7. The number of ketones is 1. The van der Waals surface area contributed by atoms with Gasteiger partial charge in [-0.25, -0.2) is 0 Å². The van der Waals surface area contributed by atoms with Gasteiger partial charge in [-0.2, -0.15) is 0 Å². The van der Waals surface area contributed by atoms with Crippen molar-refractivity contribution in [2.24, 2.45) is 4.99 Å². The minimum atomic E-state index is -0.349. The number of aromatic nitrogens is 1. The minimum absolute atomic E-state index is 0.0757. The second-order valence-electron chi connectivity index (χ2n) is 8.39. The molecule has 0 spiro atoms. The molecule has 2 aliphatic rings. The molecule has 1 aromatic heterocycles. The molecule has 156 valence electrons. The average molecular weight is 410 g/mol. The first-order valence-corrected chi connectivity index (χ1v) is 10.8. The molecule has 0 saturated carbocycles. The third-order valence-corrected chi connectivity index (χ3v) is 5.96. The van der Waals surface area contributed by atoms with Crippen LogP contribution in [0.5, 0.6) is 5.75 Å². The van der Waals surface area contributed by atoms with E-state index >= 15 is 0 Å². The third kappa shape index (κ3) is 3.85. The number of carbonyl (C=O) groups excluding carboxylic acids is 1. The monoisotopic (exact) mass is 410 g/mol. The molecule has 31 heavy (non-hydrogen) atoms. The fourth-order valence-electron chi connectivity index (χ4n) is 4.33. The minimum Gasteiger partial charge on any atom is -0.494 e. The number of hydrogen-bond acceptors (Lipinski definition) is 3. The fourth-order valence-corrected chi connectivity index (χ4v) is 4.33. The molecule has 1 N–H and O–H groups in total. The highest BCUT2D eigenvalue weighted by Crippen LogP contribution is 2.44. The largest absolute Gasteiger partial charge is 0.494 e. The number of benzene rings is 1. The maximum atomic E-state index is 13.5. The summed E-state index contributed by atoms with van der Waals surface area (Å²) in [5.74, 6) is 0.850. The number of H-pyrrole nitrogens is 1. The van der Waals surface area contributed by atoms with E-state index in [1.807, 2.05) is 31.2 Å². The molecule has 0 saturated heterocycles. The van der Waals surface area contributed by atoms with Gasteiger partial charge in [0.25, 0.3) is 0 Å². The van der Waals surface area contributed by atoms with Crippen molar-refractivity contribution in [1.82, 2.24) is 4.98 Å². The topological polar surface area (TPSA) is 54.5 Å². The molecule has 0 atom stereocenters. The highest BCUT2D eigenvalue weighted by atomic mass is 16.5. The summed E-state index contributed by atoms with van der Waals surface area (Å²) in [6.45, 7) is 6.78. The first-order valence-electron chi connectivity index (χ1n) is 10.8. The van der Waals surface area contributed by atoms with Gasteiger partial charge in [-0.3, -0.25) is 9.79 Å². The van der Waals surface area contributed by atoms with Gasteiger partial charge in [-0.15, -0.1) is 0 Å². The van der Waals surface area contributed by atoms with Crippen LogP contribution in [0.3, 0.4) is 0 Å². The Balaban J connectivity index is 1.77. The predicted octanol–water partition coefficient (Wildman–Crippen LogP) is 5.34. The summed E-state index contributed by atoms with van der Waals surface area (Å²) in [5.41, 5.74) is 6.25. The molecule has 1 aromatic carbocycles. The summed E-state index contributed by atoms with van der Waals surface area (Å²) in [4.78, 5) is 21.3. The summed E-state index contributed by atoms with van der Waals surface area (Å²) in [6, 6.07) is 5.79. The Morgan fingerprint density at radius 1 is 1.32 bits per heavy atom. The van der Waals surface area contributed by atoms with Crippen LogP contribution >= 0.6 is 0 Å². The van der Waals surface area contributed by atoms with Crippen LogP contribution in [-0.2, 0) is 11.8 Å². The van der Waals surface area contributed by atoms with E-state index in [0.29, 0.717) is 19.3 Å². The Morgan fingerprint density at radius 2 is 2.16 bits per heavy atom. The van der Waals surface area contributed by atoms with Crippen LogP contribution in [0, 0.1) is 0 Å². The lowest BCUT2D eigenvalue weighted by atomic mass is 9.71. The first kappa shape index (κ1) is 21.2. The zero-order valence-corrected chi connectivity index (χ0v) is 18.4. The zero-order chi connectivity index (χ0) is 22.0.